The second-order valence-corrected chi connectivity index (χ2v) is 7.15. The number of anilines is 2. The highest BCUT2D eigenvalue weighted by Gasteiger charge is 2.20. The van der Waals surface area contributed by atoms with Gasteiger partial charge < -0.3 is 19.9 Å². The molecule has 2 aromatic carbocycles. The number of para-hydroxylation sites is 2. The lowest BCUT2D eigenvalue weighted by atomic mass is 10.1. The van der Waals surface area contributed by atoms with Crippen LogP contribution in [0.2, 0.25) is 0 Å². The molecule has 2 N–H and O–H groups in total. The van der Waals surface area contributed by atoms with E-state index in [0.717, 1.165) is 56.1 Å². The van der Waals surface area contributed by atoms with Gasteiger partial charge in [0.1, 0.15) is 5.75 Å². The number of quaternary nitrogens is 1. The van der Waals surface area contributed by atoms with Crippen LogP contribution in [-0.4, -0.2) is 45.7 Å². The number of rotatable bonds is 7. The maximum Gasteiger partial charge on any atom is 0.255 e. The van der Waals surface area contributed by atoms with Gasteiger partial charge in [-0.2, -0.15) is 0 Å². The lowest BCUT2D eigenvalue weighted by Crippen LogP contribution is -3.12. The molecule has 0 aromatic heterocycles. The van der Waals surface area contributed by atoms with Crippen molar-refractivity contribution in [2.24, 2.45) is 0 Å². The van der Waals surface area contributed by atoms with E-state index in [9.17, 15) is 4.79 Å². The van der Waals surface area contributed by atoms with Crippen molar-refractivity contribution in [2.75, 3.05) is 50.1 Å². The fourth-order valence-corrected chi connectivity index (χ4v) is 3.24. The molecule has 2 aromatic rings. The first-order valence-electron chi connectivity index (χ1n) is 9.87. The summed E-state index contributed by atoms with van der Waals surface area (Å²) in [6.45, 7) is 7.03. The van der Waals surface area contributed by atoms with E-state index in [1.54, 1.807) is 4.90 Å². The van der Waals surface area contributed by atoms with Gasteiger partial charge in [0.2, 0.25) is 0 Å². The van der Waals surface area contributed by atoms with E-state index >= 15 is 0 Å². The Kier molecular flexibility index (Phi) is 6.71. The number of nitrogens with one attached hydrogen (secondary N) is 2. The van der Waals surface area contributed by atoms with Gasteiger partial charge in [-0.25, -0.2) is 0 Å². The summed E-state index contributed by atoms with van der Waals surface area (Å²) < 4.78 is 5.73. The number of nitrogens with zero attached hydrogens (tertiary/aromatic N) is 1. The third-order valence-corrected chi connectivity index (χ3v) is 4.97. The van der Waals surface area contributed by atoms with Crippen molar-refractivity contribution < 1.29 is 14.4 Å². The molecule has 144 valence electrons. The Labute approximate surface area is 161 Å². The summed E-state index contributed by atoms with van der Waals surface area (Å²) in [5.74, 6) is 0.634. The monoisotopic (exact) mass is 368 g/mol. The second kappa shape index (κ2) is 9.42. The van der Waals surface area contributed by atoms with Crippen molar-refractivity contribution in [3.8, 4) is 5.75 Å². The van der Waals surface area contributed by atoms with Gasteiger partial charge in [-0.05, 0) is 36.8 Å². The van der Waals surface area contributed by atoms with Crippen LogP contribution in [0.25, 0.3) is 0 Å². The molecular formula is C22H30N3O2+. The first-order valence-corrected chi connectivity index (χ1v) is 9.87. The molecule has 5 heteroatoms. The number of unbranched alkanes of at least 4 members (excludes halogenated alkanes) is 1. The quantitative estimate of drug-likeness (QED) is 0.738. The number of benzene rings is 2. The van der Waals surface area contributed by atoms with Gasteiger partial charge in [0.25, 0.3) is 5.91 Å². The minimum atomic E-state index is -0.108. The van der Waals surface area contributed by atoms with Crippen LogP contribution in [0.15, 0.2) is 48.5 Å². The summed E-state index contributed by atoms with van der Waals surface area (Å²) in [4.78, 5) is 16.7. The van der Waals surface area contributed by atoms with Crippen LogP contribution in [0.5, 0.6) is 5.75 Å². The molecule has 1 aliphatic rings. The van der Waals surface area contributed by atoms with Gasteiger partial charge in [-0.3, -0.25) is 4.79 Å². The summed E-state index contributed by atoms with van der Waals surface area (Å²) in [6.07, 6.45) is 2.10. The predicted molar refractivity (Wildman–Crippen MR) is 110 cm³/mol. The molecule has 0 aliphatic carbocycles. The molecule has 1 saturated heterocycles. The van der Waals surface area contributed by atoms with Crippen molar-refractivity contribution in [2.45, 2.75) is 19.8 Å². The van der Waals surface area contributed by atoms with Crippen LogP contribution < -0.4 is 19.9 Å². The summed E-state index contributed by atoms with van der Waals surface area (Å²) in [6, 6.07) is 15.4. The van der Waals surface area contributed by atoms with Crippen LogP contribution in [0.4, 0.5) is 11.4 Å². The average molecular weight is 369 g/mol. The minimum Gasteiger partial charge on any atom is -0.494 e. The summed E-state index contributed by atoms with van der Waals surface area (Å²) in [5, 5.41) is 3.09. The number of piperazine rings is 1. The zero-order valence-electron chi connectivity index (χ0n) is 16.3. The normalized spacial score (nSPS) is 14.8. The Bertz CT molecular complexity index is 755. The predicted octanol–water partition coefficient (Wildman–Crippen LogP) is 2.45. The molecule has 1 heterocycles. The van der Waals surface area contributed by atoms with E-state index in [0.29, 0.717) is 12.2 Å². The van der Waals surface area contributed by atoms with Crippen LogP contribution >= 0.6 is 0 Å². The van der Waals surface area contributed by atoms with E-state index in [1.807, 2.05) is 42.5 Å². The number of hydrogen-bond donors (Lipinski definition) is 2. The second-order valence-electron chi connectivity index (χ2n) is 7.15. The van der Waals surface area contributed by atoms with Gasteiger partial charge in [-0.15, -0.1) is 0 Å². The lowest BCUT2D eigenvalue weighted by Gasteiger charge is -2.33. The fraction of sp³-hybridized carbons (Fsp3) is 0.409. The van der Waals surface area contributed by atoms with E-state index in [1.165, 1.54) is 0 Å². The van der Waals surface area contributed by atoms with Gasteiger partial charge in [0.05, 0.1) is 51.2 Å². The third kappa shape index (κ3) is 5.23. The first-order chi connectivity index (χ1) is 13.2. The fourth-order valence-electron chi connectivity index (χ4n) is 3.24. The zero-order valence-corrected chi connectivity index (χ0v) is 16.3. The molecule has 27 heavy (non-hydrogen) atoms. The molecular weight excluding hydrogens is 338 g/mol. The molecule has 0 unspecified atom stereocenters. The number of hydrogen-bond acceptors (Lipinski definition) is 3. The van der Waals surface area contributed by atoms with Crippen molar-refractivity contribution in [3.05, 3.63) is 54.1 Å². The summed E-state index contributed by atoms with van der Waals surface area (Å²) >= 11 is 0. The SMILES string of the molecule is CCCCOc1cccc(C(=O)Nc2ccccc2N2CC[NH+](C)CC2)c1. The maximum absolute atomic E-state index is 12.8. The Hall–Kier alpha value is -2.53. The number of carbonyl (C=O) groups excluding carboxylic acids is 1. The number of amides is 1. The molecule has 3 rings (SSSR count). The van der Waals surface area contributed by atoms with E-state index < -0.39 is 0 Å². The molecule has 1 aliphatic heterocycles. The van der Waals surface area contributed by atoms with Crippen LogP contribution in [0, 0.1) is 0 Å². The van der Waals surface area contributed by atoms with E-state index in [4.69, 9.17) is 4.74 Å². The standard InChI is InChI=1S/C22H29N3O2/c1-3-4-16-27-19-9-7-8-18(17-19)22(26)23-20-10-5-6-11-21(20)25-14-12-24(2)13-15-25/h5-11,17H,3-4,12-16H2,1-2H3,(H,23,26)/p+1. The maximum atomic E-state index is 12.8. The van der Waals surface area contributed by atoms with E-state index in [2.05, 4.69) is 30.3 Å². The molecule has 0 atom stereocenters. The Balaban J connectivity index is 1.70. The number of ether oxygens (including phenoxy) is 1. The van der Waals surface area contributed by atoms with Gasteiger partial charge >= 0.3 is 0 Å². The molecule has 1 fully saturated rings. The Morgan fingerprint density at radius 1 is 1.15 bits per heavy atom. The highest BCUT2D eigenvalue weighted by molar-refractivity contribution is 6.06. The number of carbonyl (C=O) groups is 1. The molecule has 0 spiro atoms. The van der Waals surface area contributed by atoms with Crippen LogP contribution in [0.1, 0.15) is 30.1 Å². The van der Waals surface area contributed by atoms with Gasteiger partial charge in [0, 0.05) is 5.56 Å². The number of likely N-dealkylation sites (N-methyl/N-ethyl adjacent to an activating group) is 1. The molecule has 1 amide bonds. The van der Waals surface area contributed by atoms with Gasteiger partial charge in [-0.1, -0.05) is 31.5 Å². The van der Waals surface area contributed by atoms with Crippen LogP contribution in [0.3, 0.4) is 0 Å². The minimum absolute atomic E-state index is 0.108. The van der Waals surface area contributed by atoms with Gasteiger partial charge in [0.15, 0.2) is 0 Å². The highest BCUT2D eigenvalue weighted by Crippen LogP contribution is 2.26. The van der Waals surface area contributed by atoms with Crippen molar-refractivity contribution in [1.29, 1.82) is 0 Å². The topological polar surface area (TPSA) is 46.0 Å². The first kappa shape index (κ1) is 19.2. The Morgan fingerprint density at radius 3 is 2.70 bits per heavy atom. The zero-order chi connectivity index (χ0) is 19.1. The Morgan fingerprint density at radius 2 is 1.93 bits per heavy atom. The van der Waals surface area contributed by atoms with Crippen molar-refractivity contribution >= 4 is 17.3 Å². The summed E-state index contributed by atoms with van der Waals surface area (Å²) in [5.41, 5.74) is 2.56. The van der Waals surface area contributed by atoms with Crippen molar-refractivity contribution in [1.82, 2.24) is 0 Å². The molecule has 0 bridgehead atoms. The molecule has 0 saturated carbocycles. The largest absolute Gasteiger partial charge is 0.494 e. The average Bonchev–Trinajstić information content (AvgIpc) is 2.70. The van der Waals surface area contributed by atoms with E-state index in [-0.39, 0.29) is 5.91 Å². The lowest BCUT2D eigenvalue weighted by molar-refractivity contribution is -0.880. The third-order valence-electron chi connectivity index (χ3n) is 4.97. The summed E-state index contributed by atoms with van der Waals surface area (Å²) in [7, 11) is 2.22. The molecule has 0 radical (unpaired) electrons. The smallest absolute Gasteiger partial charge is 0.255 e. The highest BCUT2D eigenvalue weighted by atomic mass is 16.5. The van der Waals surface area contributed by atoms with Crippen LogP contribution in [-0.2, 0) is 0 Å². The molecule has 5 nitrogen and oxygen atoms in total. The van der Waals surface area contributed by atoms with Crippen molar-refractivity contribution in [3.63, 3.8) is 0 Å².